The molecule has 0 aliphatic heterocycles. The molecule has 3 rings (SSSR count). The third kappa shape index (κ3) is 4.58. The molecule has 3 N–H and O–H groups in total. The van der Waals surface area contributed by atoms with Gasteiger partial charge in [-0.3, -0.25) is 4.79 Å². The molecule has 30 heavy (non-hydrogen) atoms. The Balaban J connectivity index is 2.00. The molecule has 1 amide bonds. The van der Waals surface area contributed by atoms with Crippen LogP contribution in [0.3, 0.4) is 0 Å². The van der Waals surface area contributed by atoms with Crippen LogP contribution in [0, 0.1) is 0 Å². The minimum atomic E-state index is -4.55. The predicted molar refractivity (Wildman–Crippen MR) is 98.3 cm³/mol. The Morgan fingerprint density at radius 3 is 2.70 bits per heavy atom. The van der Waals surface area contributed by atoms with E-state index >= 15 is 0 Å². The van der Waals surface area contributed by atoms with Gasteiger partial charge < -0.3 is 15.4 Å². The number of nitrogens with one attached hydrogen (secondary N) is 2. The summed E-state index contributed by atoms with van der Waals surface area (Å²) in [5.74, 6) is -1.21. The highest BCUT2D eigenvalue weighted by molar-refractivity contribution is 6.14. The Morgan fingerprint density at radius 2 is 2.10 bits per heavy atom. The van der Waals surface area contributed by atoms with Gasteiger partial charge in [0.05, 0.1) is 23.7 Å². The zero-order chi connectivity index (χ0) is 22.1. The maximum Gasteiger partial charge on any atom is 0.405 e. The molecule has 7 nitrogen and oxygen atoms in total. The lowest BCUT2D eigenvalue weighted by Crippen LogP contribution is -2.33. The van der Waals surface area contributed by atoms with Gasteiger partial charge in [-0.15, -0.1) is 0 Å². The SMILES string of the molecule is CCC(=Nc1cnn(C(F)F)c1)c1c(O)[nH]c2ccc(C(=O)NCC(F)(F)F)cc12. The number of amides is 1. The summed E-state index contributed by atoms with van der Waals surface area (Å²) in [5, 5.41) is 15.9. The van der Waals surface area contributed by atoms with E-state index < -0.39 is 25.2 Å². The van der Waals surface area contributed by atoms with Crippen molar-refractivity contribution >= 4 is 28.2 Å². The zero-order valence-corrected chi connectivity index (χ0v) is 15.5. The highest BCUT2D eigenvalue weighted by atomic mass is 19.4. The molecule has 12 heteroatoms. The first-order valence-electron chi connectivity index (χ1n) is 8.69. The molecule has 2 aromatic heterocycles. The predicted octanol–water partition coefficient (Wildman–Crippen LogP) is 4.29. The number of carbonyl (C=O) groups is 1. The van der Waals surface area contributed by atoms with Crippen molar-refractivity contribution < 1.29 is 31.9 Å². The maximum absolute atomic E-state index is 12.7. The van der Waals surface area contributed by atoms with E-state index in [1.165, 1.54) is 18.2 Å². The van der Waals surface area contributed by atoms with E-state index in [-0.39, 0.29) is 29.1 Å². The number of aromatic amines is 1. The van der Waals surface area contributed by atoms with Crippen molar-refractivity contribution in [3.05, 3.63) is 41.7 Å². The third-order valence-corrected chi connectivity index (χ3v) is 4.17. The van der Waals surface area contributed by atoms with Gasteiger partial charge in [-0.25, -0.2) is 9.67 Å². The first-order valence-corrected chi connectivity index (χ1v) is 8.69. The van der Waals surface area contributed by atoms with E-state index in [0.29, 0.717) is 21.3 Å². The number of halogens is 5. The molecule has 1 aromatic carbocycles. The van der Waals surface area contributed by atoms with Gasteiger partial charge in [-0.2, -0.15) is 27.1 Å². The first-order chi connectivity index (χ1) is 14.1. The third-order valence-electron chi connectivity index (χ3n) is 4.17. The molecule has 160 valence electrons. The van der Waals surface area contributed by atoms with Gasteiger partial charge in [0.1, 0.15) is 12.2 Å². The van der Waals surface area contributed by atoms with Crippen molar-refractivity contribution in [2.45, 2.75) is 26.1 Å². The monoisotopic (exact) mass is 429 g/mol. The number of alkyl halides is 5. The summed E-state index contributed by atoms with van der Waals surface area (Å²) in [6.07, 6.45) is -2.11. The number of nitrogens with zero attached hydrogens (tertiary/aromatic N) is 3. The van der Waals surface area contributed by atoms with Crippen molar-refractivity contribution in [1.82, 2.24) is 20.1 Å². The zero-order valence-electron chi connectivity index (χ0n) is 15.5. The molecule has 0 fully saturated rings. The van der Waals surface area contributed by atoms with Crippen LogP contribution in [-0.2, 0) is 0 Å². The number of fused-ring (bicyclic) bond motifs is 1. The van der Waals surface area contributed by atoms with E-state index in [2.05, 4.69) is 15.1 Å². The first kappa shape index (κ1) is 21.3. The van der Waals surface area contributed by atoms with Gasteiger partial charge in [0.25, 0.3) is 5.91 Å². The average Bonchev–Trinajstić information content (AvgIpc) is 3.27. The van der Waals surface area contributed by atoms with Crippen LogP contribution in [0.1, 0.15) is 35.8 Å². The molecule has 0 radical (unpaired) electrons. The number of H-pyrrole nitrogens is 1. The Kier molecular flexibility index (Phi) is 5.76. The van der Waals surface area contributed by atoms with Gasteiger partial charge >= 0.3 is 12.7 Å². The smallest absolute Gasteiger partial charge is 0.405 e. The fraction of sp³-hybridized carbons (Fsp3) is 0.278. The molecule has 0 spiro atoms. The standard InChI is InChI=1S/C18H16F5N5O2/c1-2-12(26-10-6-25-28(7-10)17(19)20)14-11-5-9(3-4-13(11)27-16(14)30)15(29)24-8-18(21,22)23/h3-7,17,27,30H,2,8H2,1H3,(H,24,29). The van der Waals surface area contributed by atoms with Crippen molar-refractivity contribution in [3.63, 3.8) is 0 Å². The lowest BCUT2D eigenvalue weighted by atomic mass is 10.0. The number of carbonyl (C=O) groups excluding carboxylic acids is 1. The second-order valence-electron chi connectivity index (χ2n) is 6.28. The van der Waals surface area contributed by atoms with Crippen LogP contribution < -0.4 is 5.32 Å². The molecule has 2 heterocycles. The molecule has 0 saturated heterocycles. The van der Waals surface area contributed by atoms with E-state index in [0.717, 1.165) is 12.4 Å². The largest absolute Gasteiger partial charge is 0.494 e. The summed E-state index contributed by atoms with van der Waals surface area (Å²) in [5.41, 5.74) is 1.01. The highest BCUT2D eigenvalue weighted by Crippen LogP contribution is 2.31. The summed E-state index contributed by atoms with van der Waals surface area (Å²) >= 11 is 0. The highest BCUT2D eigenvalue weighted by Gasteiger charge is 2.28. The van der Waals surface area contributed by atoms with E-state index in [4.69, 9.17) is 0 Å². The van der Waals surface area contributed by atoms with Crippen molar-refractivity contribution in [2.75, 3.05) is 6.54 Å². The molecule has 0 atom stereocenters. The molecule has 3 aromatic rings. The lowest BCUT2D eigenvalue weighted by Gasteiger charge is -2.09. The summed E-state index contributed by atoms with van der Waals surface area (Å²) in [4.78, 5) is 19.0. The fourth-order valence-electron chi connectivity index (χ4n) is 2.85. The molecule has 0 saturated carbocycles. The Morgan fingerprint density at radius 1 is 1.37 bits per heavy atom. The van der Waals surface area contributed by atoms with Crippen LogP contribution >= 0.6 is 0 Å². The number of rotatable bonds is 6. The number of aliphatic imine (C=N–C) groups is 1. The normalized spacial score (nSPS) is 12.7. The van der Waals surface area contributed by atoms with Gasteiger partial charge in [-0.1, -0.05) is 6.92 Å². The Labute approximate surface area is 166 Å². The van der Waals surface area contributed by atoms with Gasteiger partial charge in [0.15, 0.2) is 5.88 Å². The number of aromatic hydroxyl groups is 1. The van der Waals surface area contributed by atoms with E-state index in [9.17, 15) is 31.9 Å². The molecule has 0 aliphatic carbocycles. The van der Waals surface area contributed by atoms with Gasteiger partial charge in [0.2, 0.25) is 0 Å². The van der Waals surface area contributed by atoms with Crippen LogP contribution in [0.15, 0.2) is 35.6 Å². The fourth-order valence-corrected chi connectivity index (χ4v) is 2.85. The molecule has 0 unspecified atom stereocenters. The summed E-state index contributed by atoms with van der Waals surface area (Å²) in [7, 11) is 0. The summed E-state index contributed by atoms with van der Waals surface area (Å²) < 4.78 is 62.8. The second kappa shape index (κ2) is 8.13. The average molecular weight is 429 g/mol. The topological polar surface area (TPSA) is 95.3 Å². The number of hydrogen-bond acceptors (Lipinski definition) is 4. The van der Waals surface area contributed by atoms with Gasteiger partial charge in [-0.05, 0) is 24.6 Å². The van der Waals surface area contributed by atoms with E-state index in [1.54, 1.807) is 12.2 Å². The minimum Gasteiger partial charge on any atom is -0.494 e. The van der Waals surface area contributed by atoms with Crippen LogP contribution in [-0.4, -0.2) is 44.2 Å². The molecular weight excluding hydrogens is 413 g/mol. The van der Waals surface area contributed by atoms with Crippen LogP contribution in [0.5, 0.6) is 5.88 Å². The number of aromatic nitrogens is 3. The molecular formula is C18H16F5N5O2. The van der Waals surface area contributed by atoms with Crippen LogP contribution in [0.25, 0.3) is 10.9 Å². The van der Waals surface area contributed by atoms with Crippen molar-refractivity contribution in [1.29, 1.82) is 0 Å². The van der Waals surface area contributed by atoms with Gasteiger partial charge in [0, 0.05) is 16.5 Å². The summed E-state index contributed by atoms with van der Waals surface area (Å²) in [6, 6.07) is 4.06. The number of benzene rings is 1. The maximum atomic E-state index is 12.7. The minimum absolute atomic E-state index is 0.0482. The van der Waals surface area contributed by atoms with Crippen molar-refractivity contribution in [3.8, 4) is 5.88 Å². The molecule has 0 bridgehead atoms. The van der Waals surface area contributed by atoms with Crippen molar-refractivity contribution in [2.24, 2.45) is 4.99 Å². The second-order valence-corrected chi connectivity index (χ2v) is 6.28. The Hall–Kier alpha value is -3.44. The summed E-state index contributed by atoms with van der Waals surface area (Å²) in [6.45, 7) is -2.60. The quantitative estimate of drug-likeness (QED) is 0.403. The molecule has 0 aliphatic rings. The van der Waals surface area contributed by atoms with Crippen LogP contribution in [0.4, 0.5) is 27.6 Å². The lowest BCUT2D eigenvalue weighted by molar-refractivity contribution is -0.123. The van der Waals surface area contributed by atoms with E-state index in [1.807, 2.05) is 0 Å². The Bertz CT molecular complexity index is 1100. The van der Waals surface area contributed by atoms with Crippen LogP contribution in [0.2, 0.25) is 0 Å². The number of hydrogen-bond donors (Lipinski definition) is 3.